The summed E-state index contributed by atoms with van der Waals surface area (Å²) >= 11 is 0. The van der Waals surface area contributed by atoms with Gasteiger partial charge >= 0.3 is 0 Å². The van der Waals surface area contributed by atoms with E-state index in [1.165, 1.54) is 51.4 Å². The van der Waals surface area contributed by atoms with E-state index in [-0.39, 0.29) is 0 Å². The second-order valence-electron chi connectivity index (χ2n) is 5.02. The van der Waals surface area contributed by atoms with Crippen LogP contribution in [0.4, 0.5) is 0 Å². The Labute approximate surface area is 82.3 Å². The van der Waals surface area contributed by atoms with E-state index in [0.717, 1.165) is 18.0 Å². The maximum atomic E-state index is 3.85. The third-order valence-electron chi connectivity index (χ3n) is 3.92. The molecule has 2 aliphatic rings. The van der Waals surface area contributed by atoms with Gasteiger partial charge in [0.15, 0.2) is 0 Å². The van der Waals surface area contributed by atoms with E-state index in [4.69, 9.17) is 0 Å². The quantitative estimate of drug-likeness (QED) is 0.645. The van der Waals surface area contributed by atoms with Crippen molar-refractivity contribution in [1.29, 1.82) is 0 Å². The Balaban J connectivity index is 1.79. The summed E-state index contributed by atoms with van der Waals surface area (Å²) in [6.45, 7) is 2.43. The Morgan fingerprint density at radius 1 is 0.846 bits per heavy atom. The molecule has 1 heteroatoms. The lowest BCUT2D eigenvalue weighted by molar-refractivity contribution is 0.254. The van der Waals surface area contributed by atoms with E-state index in [0.29, 0.717) is 0 Å². The van der Waals surface area contributed by atoms with Gasteiger partial charge in [0, 0.05) is 12.1 Å². The summed E-state index contributed by atoms with van der Waals surface area (Å²) in [5.74, 6) is 0.920. The first-order chi connectivity index (χ1) is 6.36. The van der Waals surface area contributed by atoms with E-state index < -0.39 is 0 Å². The second kappa shape index (κ2) is 4.45. The summed E-state index contributed by atoms with van der Waals surface area (Å²) in [6.07, 6.45) is 11.6. The predicted octanol–water partition coefficient (Wildman–Crippen LogP) is 3.10. The first-order valence-electron chi connectivity index (χ1n) is 6.12. The topological polar surface area (TPSA) is 12.0 Å². The maximum absolute atomic E-state index is 3.85. The minimum atomic E-state index is 0.841. The van der Waals surface area contributed by atoms with Crippen LogP contribution in [0, 0.1) is 5.92 Å². The first kappa shape index (κ1) is 9.51. The van der Waals surface area contributed by atoms with Crippen molar-refractivity contribution in [2.45, 2.75) is 70.4 Å². The van der Waals surface area contributed by atoms with Crippen molar-refractivity contribution in [3.05, 3.63) is 0 Å². The molecule has 0 amide bonds. The van der Waals surface area contributed by atoms with Crippen molar-refractivity contribution in [3.63, 3.8) is 0 Å². The van der Waals surface area contributed by atoms with Crippen LogP contribution in [-0.4, -0.2) is 12.1 Å². The molecule has 0 saturated heterocycles. The van der Waals surface area contributed by atoms with Crippen LogP contribution in [0.2, 0.25) is 0 Å². The molecule has 0 aromatic carbocycles. The molecule has 0 aliphatic heterocycles. The zero-order chi connectivity index (χ0) is 9.10. The van der Waals surface area contributed by atoms with Gasteiger partial charge < -0.3 is 5.32 Å². The SMILES string of the molecule is CC1CCCCCC1NC1CCC1. The molecular weight excluding hydrogens is 158 g/mol. The Morgan fingerprint density at radius 2 is 1.62 bits per heavy atom. The molecule has 2 unspecified atom stereocenters. The molecule has 0 bridgehead atoms. The highest BCUT2D eigenvalue weighted by atomic mass is 15.0. The van der Waals surface area contributed by atoms with E-state index >= 15 is 0 Å². The second-order valence-corrected chi connectivity index (χ2v) is 5.02. The zero-order valence-corrected chi connectivity index (χ0v) is 8.89. The van der Waals surface area contributed by atoms with Crippen LogP contribution in [0.15, 0.2) is 0 Å². The molecule has 2 aliphatic carbocycles. The Kier molecular flexibility index (Phi) is 3.26. The monoisotopic (exact) mass is 181 g/mol. The Hall–Kier alpha value is -0.0400. The summed E-state index contributed by atoms with van der Waals surface area (Å²) in [5, 5.41) is 3.85. The van der Waals surface area contributed by atoms with Crippen LogP contribution >= 0.6 is 0 Å². The zero-order valence-electron chi connectivity index (χ0n) is 8.89. The highest BCUT2D eigenvalue weighted by Gasteiger charge is 2.25. The predicted molar refractivity (Wildman–Crippen MR) is 56.8 cm³/mol. The van der Waals surface area contributed by atoms with Crippen molar-refractivity contribution in [3.8, 4) is 0 Å². The van der Waals surface area contributed by atoms with Gasteiger partial charge in [-0.25, -0.2) is 0 Å². The van der Waals surface area contributed by atoms with Gasteiger partial charge in [-0.05, 0) is 31.6 Å². The number of hydrogen-bond acceptors (Lipinski definition) is 1. The Morgan fingerprint density at radius 3 is 2.31 bits per heavy atom. The van der Waals surface area contributed by atoms with Gasteiger partial charge in [-0.2, -0.15) is 0 Å². The maximum Gasteiger partial charge on any atom is 0.00952 e. The molecule has 1 nitrogen and oxygen atoms in total. The third-order valence-corrected chi connectivity index (χ3v) is 3.92. The number of rotatable bonds is 2. The Bertz CT molecular complexity index is 151. The lowest BCUT2D eigenvalue weighted by Gasteiger charge is -2.33. The highest BCUT2D eigenvalue weighted by Crippen LogP contribution is 2.26. The van der Waals surface area contributed by atoms with Crippen LogP contribution in [0.1, 0.15) is 58.3 Å². The van der Waals surface area contributed by atoms with Crippen LogP contribution in [0.5, 0.6) is 0 Å². The van der Waals surface area contributed by atoms with Crippen molar-refractivity contribution in [2.75, 3.05) is 0 Å². The average Bonchev–Trinajstić information content (AvgIpc) is 2.23. The molecule has 1 N–H and O–H groups in total. The third kappa shape index (κ3) is 2.46. The van der Waals surface area contributed by atoms with Crippen molar-refractivity contribution in [2.24, 2.45) is 5.92 Å². The van der Waals surface area contributed by atoms with Crippen LogP contribution < -0.4 is 5.32 Å². The molecular formula is C12H23N. The van der Waals surface area contributed by atoms with Gasteiger partial charge in [0.1, 0.15) is 0 Å². The van der Waals surface area contributed by atoms with Crippen LogP contribution in [-0.2, 0) is 0 Å². The molecule has 0 aromatic heterocycles. The van der Waals surface area contributed by atoms with Crippen LogP contribution in [0.3, 0.4) is 0 Å². The normalized spacial score (nSPS) is 36.7. The molecule has 0 radical (unpaired) electrons. The fourth-order valence-corrected chi connectivity index (χ4v) is 2.62. The smallest absolute Gasteiger partial charge is 0.00952 e. The van der Waals surface area contributed by atoms with Gasteiger partial charge in [0.05, 0.1) is 0 Å². The fourth-order valence-electron chi connectivity index (χ4n) is 2.62. The van der Waals surface area contributed by atoms with E-state index in [1.54, 1.807) is 0 Å². The minimum Gasteiger partial charge on any atom is -0.311 e. The van der Waals surface area contributed by atoms with Gasteiger partial charge in [0.2, 0.25) is 0 Å². The molecule has 13 heavy (non-hydrogen) atoms. The van der Waals surface area contributed by atoms with Crippen molar-refractivity contribution in [1.82, 2.24) is 5.32 Å². The van der Waals surface area contributed by atoms with Gasteiger partial charge in [-0.1, -0.05) is 32.6 Å². The molecule has 0 heterocycles. The van der Waals surface area contributed by atoms with Crippen molar-refractivity contribution >= 4 is 0 Å². The average molecular weight is 181 g/mol. The van der Waals surface area contributed by atoms with E-state index in [2.05, 4.69) is 12.2 Å². The minimum absolute atomic E-state index is 0.841. The summed E-state index contributed by atoms with van der Waals surface area (Å²) in [7, 11) is 0. The molecule has 2 fully saturated rings. The lowest BCUT2D eigenvalue weighted by Crippen LogP contribution is -2.44. The van der Waals surface area contributed by atoms with E-state index in [9.17, 15) is 0 Å². The summed E-state index contributed by atoms with van der Waals surface area (Å²) in [4.78, 5) is 0. The lowest BCUT2D eigenvalue weighted by atomic mass is 9.89. The van der Waals surface area contributed by atoms with Gasteiger partial charge in [-0.3, -0.25) is 0 Å². The summed E-state index contributed by atoms with van der Waals surface area (Å²) < 4.78 is 0. The molecule has 2 saturated carbocycles. The van der Waals surface area contributed by atoms with E-state index in [1.807, 2.05) is 0 Å². The molecule has 0 spiro atoms. The summed E-state index contributed by atoms with van der Waals surface area (Å²) in [5.41, 5.74) is 0. The number of nitrogens with one attached hydrogen (secondary N) is 1. The standard InChI is InChI=1S/C12H23N/c1-10-6-3-2-4-9-12(10)13-11-7-5-8-11/h10-13H,2-9H2,1H3. The van der Waals surface area contributed by atoms with Crippen LogP contribution in [0.25, 0.3) is 0 Å². The van der Waals surface area contributed by atoms with Crippen molar-refractivity contribution < 1.29 is 0 Å². The van der Waals surface area contributed by atoms with Gasteiger partial charge in [0.25, 0.3) is 0 Å². The first-order valence-corrected chi connectivity index (χ1v) is 6.12. The number of hydrogen-bond donors (Lipinski definition) is 1. The fraction of sp³-hybridized carbons (Fsp3) is 1.00. The molecule has 76 valence electrons. The summed E-state index contributed by atoms with van der Waals surface area (Å²) in [6, 6.07) is 1.72. The largest absolute Gasteiger partial charge is 0.311 e. The molecule has 0 aromatic rings. The highest BCUT2D eigenvalue weighted by molar-refractivity contribution is 4.84. The molecule has 2 atom stereocenters. The van der Waals surface area contributed by atoms with Gasteiger partial charge in [-0.15, -0.1) is 0 Å². The molecule has 2 rings (SSSR count).